The zero-order valence-corrected chi connectivity index (χ0v) is 16.9. The number of amides is 1. The summed E-state index contributed by atoms with van der Waals surface area (Å²) in [4.78, 5) is 32.8. The molecule has 148 valence electrons. The summed E-state index contributed by atoms with van der Waals surface area (Å²) < 4.78 is 14.6. The van der Waals surface area contributed by atoms with Crippen molar-refractivity contribution in [1.82, 2.24) is 19.9 Å². The monoisotopic (exact) mass is 402 g/mol. The van der Waals surface area contributed by atoms with Crippen LogP contribution in [0.5, 0.6) is 0 Å². The van der Waals surface area contributed by atoms with Crippen LogP contribution in [0.1, 0.15) is 37.6 Å². The summed E-state index contributed by atoms with van der Waals surface area (Å²) in [5.41, 5.74) is 2.66. The van der Waals surface area contributed by atoms with Gasteiger partial charge in [-0.25, -0.2) is 9.37 Å². The molecule has 0 unspecified atom stereocenters. The Bertz CT molecular complexity index is 1040. The predicted octanol–water partition coefficient (Wildman–Crippen LogP) is 3.55. The second-order valence-electron chi connectivity index (χ2n) is 6.73. The second kappa shape index (κ2) is 8.60. The first kappa shape index (κ1) is 20.1. The van der Waals surface area contributed by atoms with Gasteiger partial charge in [0.25, 0.3) is 5.56 Å². The van der Waals surface area contributed by atoms with Crippen molar-refractivity contribution in [3.8, 4) is 0 Å². The SMILES string of the molecule is CC[C@@H](C)n1c(SCC(=O)NCc2ccc(F)cc2)nc2cc(C)[nH]c2c1=O. The molecule has 0 aliphatic carbocycles. The number of halogens is 1. The van der Waals surface area contributed by atoms with E-state index in [2.05, 4.69) is 15.3 Å². The van der Waals surface area contributed by atoms with E-state index in [0.717, 1.165) is 17.7 Å². The predicted molar refractivity (Wildman–Crippen MR) is 109 cm³/mol. The number of fused-ring (bicyclic) bond motifs is 1. The number of hydrogen-bond acceptors (Lipinski definition) is 4. The largest absolute Gasteiger partial charge is 0.353 e. The van der Waals surface area contributed by atoms with Crippen molar-refractivity contribution in [2.45, 2.75) is 44.9 Å². The van der Waals surface area contributed by atoms with Gasteiger partial charge < -0.3 is 10.3 Å². The van der Waals surface area contributed by atoms with Crippen molar-refractivity contribution < 1.29 is 9.18 Å². The molecule has 0 spiro atoms. The molecule has 6 nitrogen and oxygen atoms in total. The Morgan fingerprint density at radius 3 is 2.75 bits per heavy atom. The van der Waals surface area contributed by atoms with E-state index in [1.807, 2.05) is 26.8 Å². The third-order valence-corrected chi connectivity index (χ3v) is 5.51. The molecule has 0 radical (unpaired) electrons. The Labute approximate surface area is 166 Å². The number of aromatic amines is 1. The lowest BCUT2D eigenvalue weighted by Crippen LogP contribution is -2.28. The molecular formula is C20H23FN4O2S. The lowest BCUT2D eigenvalue weighted by atomic mass is 10.2. The maximum absolute atomic E-state index is 12.9. The van der Waals surface area contributed by atoms with E-state index in [0.29, 0.717) is 22.7 Å². The Kier molecular flexibility index (Phi) is 6.18. The molecule has 3 rings (SSSR count). The molecule has 3 aromatic rings. The zero-order valence-electron chi connectivity index (χ0n) is 16.1. The van der Waals surface area contributed by atoms with Crippen molar-refractivity contribution in [1.29, 1.82) is 0 Å². The molecule has 2 aromatic heterocycles. The molecule has 0 aliphatic heterocycles. The van der Waals surface area contributed by atoms with Crippen molar-refractivity contribution in [3.63, 3.8) is 0 Å². The van der Waals surface area contributed by atoms with Crippen LogP contribution >= 0.6 is 11.8 Å². The highest BCUT2D eigenvalue weighted by atomic mass is 32.2. The van der Waals surface area contributed by atoms with Crippen molar-refractivity contribution in [2.24, 2.45) is 0 Å². The molecular weight excluding hydrogens is 379 g/mol. The van der Waals surface area contributed by atoms with Gasteiger partial charge >= 0.3 is 0 Å². The fraction of sp³-hybridized carbons (Fsp3) is 0.350. The number of carbonyl (C=O) groups is 1. The molecule has 0 fully saturated rings. The summed E-state index contributed by atoms with van der Waals surface area (Å²) in [6.45, 7) is 6.17. The Morgan fingerprint density at radius 1 is 1.36 bits per heavy atom. The van der Waals surface area contributed by atoms with Gasteiger partial charge in [-0.15, -0.1) is 0 Å². The standard InChI is InChI=1S/C20H23FN4O2S/c1-4-13(3)25-19(27)18-16(9-12(2)23-18)24-20(25)28-11-17(26)22-10-14-5-7-15(21)8-6-14/h5-9,13,23H,4,10-11H2,1-3H3,(H,22,26)/t13-/m1/s1. The number of carbonyl (C=O) groups excluding carboxylic acids is 1. The van der Waals surface area contributed by atoms with Crippen LogP contribution in [0.3, 0.4) is 0 Å². The zero-order chi connectivity index (χ0) is 20.3. The van der Waals surface area contributed by atoms with E-state index in [-0.39, 0.29) is 29.1 Å². The number of aromatic nitrogens is 3. The Hall–Kier alpha value is -2.61. The van der Waals surface area contributed by atoms with Gasteiger partial charge in [0.2, 0.25) is 5.91 Å². The highest BCUT2D eigenvalue weighted by Crippen LogP contribution is 2.22. The van der Waals surface area contributed by atoms with Crippen LogP contribution in [0, 0.1) is 12.7 Å². The van der Waals surface area contributed by atoms with Crippen molar-refractivity contribution >= 4 is 28.7 Å². The number of nitrogens with one attached hydrogen (secondary N) is 2. The third-order valence-electron chi connectivity index (χ3n) is 4.55. The first-order chi connectivity index (χ1) is 13.4. The number of rotatable bonds is 7. The number of nitrogens with zero attached hydrogens (tertiary/aromatic N) is 2. The molecule has 0 bridgehead atoms. The van der Waals surface area contributed by atoms with Crippen LogP contribution in [0.25, 0.3) is 11.0 Å². The smallest absolute Gasteiger partial charge is 0.278 e. The number of hydrogen-bond donors (Lipinski definition) is 2. The van der Waals surface area contributed by atoms with Crippen LogP contribution in [-0.4, -0.2) is 26.2 Å². The summed E-state index contributed by atoms with van der Waals surface area (Å²) in [6.07, 6.45) is 0.775. The molecule has 2 heterocycles. The van der Waals surface area contributed by atoms with Crippen molar-refractivity contribution in [3.05, 3.63) is 57.8 Å². The van der Waals surface area contributed by atoms with E-state index in [1.165, 1.54) is 23.9 Å². The van der Waals surface area contributed by atoms with E-state index in [1.54, 1.807) is 16.7 Å². The molecule has 28 heavy (non-hydrogen) atoms. The summed E-state index contributed by atoms with van der Waals surface area (Å²) in [5, 5.41) is 3.33. The van der Waals surface area contributed by atoms with Gasteiger partial charge in [-0.2, -0.15) is 0 Å². The van der Waals surface area contributed by atoms with Gasteiger partial charge in [-0.05, 0) is 44.0 Å². The fourth-order valence-electron chi connectivity index (χ4n) is 2.85. The van der Waals surface area contributed by atoms with E-state index in [9.17, 15) is 14.0 Å². The van der Waals surface area contributed by atoms with Crippen LogP contribution in [-0.2, 0) is 11.3 Å². The maximum Gasteiger partial charge on any atom is 0.278 e. The summed E-state index contributed by atoms with van der Waals surface area (Å²) in [7, 11) is 0. The lowest BCUT2D eigenvalue weighted by molar-refractivity contribution is -0.118. The molecule has 0 saturated heterocycles. The number of benzene rings is 1. The number of H-pyrrole nitrogens is 1. The van der Waals surface area contributed by atoms with Crippen LogP contribution in [0.2, 0.25) is 0 Å². The van der Waals surface area contributed by atoms with Gasteiger partial charge in [0.1, 0.15) is 11.3 Å². The minimum Gasteiger partial charge on any atom is -0.353 e. The number of aryl methyl sites for hydroxylation is 1. The van der Waals surface area contributed by atoms with E-state index < -0.39 is 0 Å². The summed E-state index contributed by atoms with van der Waals surface area (Å²) in [6, 6.07) is 7.78. The topological polar surface area (TPSA) is 79.8 Å². The maximum atomic E-state index is 12.9. The van der Waals surface area contributed by atoms with E-state index >= 15 is 0 Å². The van der Waals surface area contributed by atoms with Crippen LogP contribution < -0.4 is 10.9 Å². The number of thioether (sulfide) groups is 1. The minimum atomic E-state index is -0.310. The van der Waals surface area contributed by atoms with Crippen LogP contribution in [0.4, 0.5) is 4.39 Å². The molecule has 8 heteroatoms. The summed E-state index contributed by atoms with van der Waals surface area (Å²) in [5.74, 6) is -0.348. The second-order valence-corrected chi connectivity index (χ2v) is 7.67. The fourth-order valence-corrected chi connectivity index (χ4v) is 3.77. The molecule has 1 atom stereocenters. The Morgan fingerprint density at radius 2 is 2.07 bits per heavy atom. The van der Waals surface area contributed by atoms with E-state index in [4.69, 9.17) is 0 Å². The highest BCUT2D eigenvalue weighted by molar-refractivity contribution is 7.99. The Balaban J connectivity index is 1.74. The molecule has 1 amide bonds. The van der Waals surface area contributed by atoms with Gasteiger partial charge in [0, 0.05) is 18.3 Å². The lowest BCUT2D eigenvalue weighted by Gasteiger charge is -2.17. The first-order valence-electron chi connectivity index (χ1n) is 9.14. The van der Waals surface area contributed by atoms with Gasteiger partial charge in [0.05, 0.1) is 11.3 Å². The third kappa shape index (κ3) is 4.44. The van der Waals surface area contributed by atoms with Gasteiger partial charge in [-0.3, -0.25) is 14.2 Å². The normalized spacial score (nSPS) is 12.3. The highest BCUT2D eigenvalue weighted by Gasteiger charge is 2.18. The quantitative estimate of drug-likeness (QED) is 0.468. The molecule has 0 saturated carbocycles. The molecule has 1 aromatic carbocycles. The first-order valence-corrected chi connectivity index (χ1v) is 10.1. The van der Waals surface area contributed by atoms with Crippen LogP contribution in [0.15, 0.2) is 40.3 Å². The van der Waals surface area contributed by atoms with Gasteiger partial charge in [-0.1, -0.05) is 30.8 Å². The minimum absolute atomic E-state index is 0.0298. The van der Waals surface area contributed by atoms with Gasteiger partial charge in [0.15, 0.2) is 5.16 Å². The average Bonchev–Trinajstić information content (AvgIpc) is 3.06. The average molecular weight is 402 g/mol. The molecule has 2 N–H and O–H groups in total. The molecule has 0 aliphatic rings. The van der Waals surface area contributed by atoms with Crippen molar-refractivity contribution in [2.75, 3.05) is 5.75 Å². The summed E-state index contributed by atoms with van der Waals surface area (Å²) >= 11 is 1.24.